The molecule has 3 aromatic rings. The average Bonchev–Trinajstić information content (AvgIpc) is 2.46. The number of anilines is 1. The van der Waals surface area contributed by atoms with E-state index in [-0.39, 0.29) is 0 Å². The summed E-state index contributed by atoms with van der Waals surface area (Å²) in [4.78, 5) is 4.35. The molecule has 20 heavy (non-hydrogen) atoms. The molecule has 0 atom stereocenters. The Morgan fingerprint density at radius 1 is 1.10 bits per heavy atom. The van der Waals surface area contributed by atoms with Crippen molar-refractivity contribution in [2.24, 2.45) is 0 Å². The first kappa shape index (κ1) is 12.5. The smallest absolute Gasteiger partial charge is 0.122 e. The van der Waals surface area contributed by atoms with Crippen molar-refractivity contribution in [1.29, 1.82) is 0 Å². The van der Waals surface area contributed by atoms with Crippen LogP contribution in [0.15, 0.2) is 54.7 Å². The number of aryl methyl sites for hydroxylation is 1. The number of pyridine rings is 1. The van der Waals surface area contributed by atoms with Crippen molar-refractivity contribution in [2.45, 2.75) is 13.5 Å². The van der Waals surface area contributed by atoms with Gasteiger partial charge in [0.1, 0.15) is 12.4 Å². The van der Waals surface area contributed by atoms with E-state index in [1.807, 2.05) is 55.6 Å². The normalized spacial score (nSPS) is 10.7. The van der Waals surface area contributed by atoms with Gasteiger partial charge in [-0.05, 0) is 42.8 Å². The van der Waals surface area contributed by atoms with Gasteiger partial charge in [0.15, 0.2) is 0 Å². The van der Waals surface area contributed by atoms with Crippen LogP contribution in [0.1, 0.15) is 11.1 Å². The summed E-state index contributed by atoms with van der Waals surface area (Å²) in [5, 5.41) is 1.13. The second-order valence-corrected chi connectivity index (χ2v) is 4.80. The van der Waals surface area contributed by atoms with Crippen LogP contribution in [-0.2, 0) is 6.61 Å². The predicted octanol–water partition coefficient (Wildman–Crippen LogP) is 3.70. The fourth-order valence-electron chi connectivity index (χ4n) is 2.27. The van der Waals surface area contributed by atoms with Gasteiger partial charge in [-0.15, -0.1) is 0 Å². The molecule has 0 saturated heterocycles. The number of hydrogen-bond acceptors (Lipinski definition) is 3. The Morgan fingerprint density at radius 2 is 1.95 bits per heavy atom. The van der Waals surface area contributed by atoms with Crippen molar-refractivity contribution in [3.05, 3.63) is 65.9 Å². The Balaban J connectivity index is 1.87. The third kappa shape index (κ3) is 2.43. The first-order valence-corrected chi connectivity index (χ1v) is 6.55. The van der Waals surface area contributed by atoms with Crippen molar-refractivity contribution >= 4 is 16.6 Å². The molecular weight excluding hydrogens is 248 g/mol. The number of benzene rings is 2. The van der Waals surface area contributed by atoms with Crippen LogP contribution < -0.4 is 10.5 Å². The van der Waals surface area contributed by atoms with Gasteiger partial charge in [-0.1, -0.05) is 18.2 Å². The van der Waals surface area contributed by atoms with E-state index in [0.717, 1.165) is 33.5 Å². The summed E-state index contributed by atoms with van der Waals surface area (Å²) < 4.78 is 5.90. The molecular formula is C17H16N2O. The molecule has 0 spiro atoms. The van der Waals surface area contributed by atoms with E-state index < -0.39 is 0 Å². The van der Waals surface area contributed by atoms with Crippen LogP contribution in [0.5, 0.6) is 5.75 Å². The van der Waals surface area contributed by atoms with Crippen molar-refractivity contribution < 1.29 is 4.74 Å². The number of nitrogens with two attached hydrogens (primary N) is 1. The van der Waals surface area contributed by atoms with E-state index in [9.17, 15) is 0 Å². The van der Waals surface area contributed by atoms with Gasteiger partial charge in [-0.2, -0.15) is 0 Å². The van der Waals surface area contributed by atoms with Gasteiger partial charge in [0.25, 0.3) is 0 Å². The molecule has 0 bridgehead atoms. The van der Waals surface area contributed by atoms with Gasteiger partial charge in [0.05, 0.1) is 5.52 Å². The van der Waals surface area contributed by atoms with Gasteiger partial charge < -0.3 is 10.5 Å². The fourth-order valence-corrected chi connectivity index (χ4v) is 2.27. The summed E-state index contributed by atoms with van der Waals surface area (Å²) in [7, 11) is 0. The maximum absolute atomic E-state index is 5.90. The maximum atomic E-state index is 5.90. The molecule has 0 amide bonds. The molecule has 0 aliphatic carbocycles. The third-order valence-corrected chi connectivity index (χ3v) is 3.32. The summed E-state index contributed by atoms with van der Waals surface area (Å²) in [6.07, 6.45) is 1.82. The number of fused-ring (bicyclic) bond motifs is 1. The van der Waals surface area contributed by atoms with Crippen LogP contribution >= 0.6 is 0 Å². The Morgan fingerprint density at radius 3 is 2.80 bits per heavy atom. The molecule has 2 aromatic carbocycles. The molecule has 3 rings (SSSR count). The van der Waals surface area contributed by atoms with E-state index in [1.165, 1.54) is 0 Å². The van der Waals surface area contributed by atoms with Crippen molar-refractivity contribution in [1.82, 2.24) is 4.98 Å². The number of hydrogen-bond donors (Lipinski definition) is 1. The van der Waals surface area contributed by atoms with Gasteiger partial charge in [0.2, 0.25) is 0 Å². The SMILES string of the molecule is Cc1cc(N)ccc1OCc1ccnc2ccccc12. The zero-order valence-corrected chi connectivity index (χ0v) is 11.3. The van der Waals surface area contributed by atoms with Crippen molar-refractivity contribution in [2.75, 3.05) is 5.73 Å². The summed E-state index contributed by atoms with van der Waals surface area (Å²) >= 11 is 0. The Bertz CT molecular complexity index is 748. The number of rotatable bonds is 3. The highest BCUT2D eigenvalue weighted by Gasteiger charge is 2.04. The minimum absolute atomic E-state index is 0.522. The summed E-state index contributed by atoms with van der Waals surface area (Å²) in [5.41, 5.74) is 9.66. The summed E-state index contributed by atoms with van der Waals surface area (Å²) in [6.45, 7) is 2.52. The molecule has 0 fully saturated rings. The highest BCUT2D eigenvalue weighted by atomic mass is 16.5. The lowest BCUT2D eigenvalue weighted by Crippen LogP contribution is -1.99. The Kier molecular flexibility index (Phi) is 3.25. The van der Waals surface area contributed by atoms with Crippen LogP contribution in [0.3, 0.4) is 0 Å². The minimum atomic E-state index is 0.522. The second kappa shape index (κ2) is 5.21. The van der Waals surface area contributed by atoms with Crippen LogP contribution in [0.25, 0.3) is 10.9 Å². The number of aromatic nitrogens is 1. The van der Waals surface area contributed by atoms with Crippen LogP contribution in [0.2, 0.25) is 0 Å². The molecule has 0 saturated carbocycles. The predicted molar refractivity (Wildman–Crippen MR) is 81.7 cm³/mol. The van der Waals surface area contributed by atoms with Crippen LogP contribution in [0, 0.1) is 6.92 Å². The highest BCUT2D eigenvalue weighted by molar-refractivity contribution is 5.81. The number of ether oxygens (including phenoxy) is 1. The first-order chi connectivity index (χ1) is 9.74. The lowest BCUT2D eigenvalue weighted by Gasteiger charge is -2.11. The van der Waals surface area contributed by atoms with Gasteiger partial charge in [-0.3, -0.25) is 4.98 Å². The quantitative estimate of drug-likeness (QED) is 0.734. The van der Waals surface area contributed by atoms with Crippen molar-refractivity contribution in [3.8, 4) is 5.75 Å². The molecule has 100 valence electrons. The lowest BCUT2D eigenvalue weighted by molar-refractivity contribution is 0.305. The third-order valence-electron chi connectivity index (χ3n) is 3.32. The monoisotopic (exact) mass is 264 g/mol. The molecule has 0 aliphatic rings. The van der Waals surface area contributed by atoms with Crippen molar-refractivity contribution in [3.63, 3.8) is 0 Å². The molecule has 0 aliphatic heterocycles. The Labute approximate surface area is 118 Å². The van der Waals surface area contributed by atoms with Gasteiger partial charge in [0, 0.05) is 22.8 Å². The lowest BCUT2D eigenvalue weighted by atomic mass is 10.1. The van der Waals surface area contributed by atoms with E-state index in [2.05, 4.69) is 11.1 Å². The summed E-state index contributed by atoms with van der Waals surface area (Å²) in [5.74, 6) is 0.861. The van der Waals surface area contributed by atoms with Gasteiger partial charge >= 0.3 is 0 Å². The zero-order valence-electron chi connectivity index (χ0n) is 11.3. The molecule has 0 radical (unpaired) electrons. The molecule has 1 heterocycles. The second-order valence-electron chi connectivity index (χ2n) is 4.80. The molecule has 2 N–H and O–H groups in total. The van der Waals surface area contributed by atoms with Crippen LogP contribution in [0.4, 0.5) is 5.69 Å². The maximum Gasteiger partial charge on any atom is 0.122 e. The molecule has 0 unspecified atom stereocenters. The largest absolute Gasteiger partial charge is 0.489 e. The summed E-state index contributed by atoms with van der Waals surface area (Å²) in [6, 6.07) is 15.8. The van der Waals surface area contributed by atoms with E-state index in [4.69, 9.17) is 10.5 Å². The van der Waals surface area contributed by atoms with E-state index in [1.54, 1.807) is 0 Å². The minimum Gasteiger partial charge on any atom is -0.489 e. The zero-order chi connectivity index (χ0) is 13.9. The fraction of sp³-hybridized carbons (Fsp3) is 0.118. The van der Waals surface area contributed by atoms with E-state index in [0.29, 0.717) is 6.61 Å². The van der Waals surface area contributed by atoms with Gasteiger partial charge in [-0.25, -0.2) is 0 Å². The Hall–Kier alpha value is -2.55. The number of nitrogen functional groups attached to an aromatic ring is 1. The highest BCUT2D eigenvalue weighted by Crippen LogP contribution is 2.23. The van der Waals surface area contributed by atoms with E-state index >= 15 is 0 Å². The number of nitrogens with zero attached hydrogens (tertiary/aromatic N) is 1. The first-order valence-electron chi connectivity index (χ1n) is 6.55. The molecule has 1 aromatic heterocycles. The topological polar surface area (TPSA) is 48.1 Å². The standard InChI is InChI=1S/C17H16N2O/c1-12-10-14(18)6-7-17(12)20-11-13-8-9-19-16-5-3-2-4-15(13)16/h2-10H,11,18H2,1H3. The van der Waals surface area contributed by atoms with Crippen LogP contribution in [-0.4, -0.2) is 4.98 Å². The number of para-hydroxylation sites is 1. The molecule has 3 nitrogen and oxygen atoms in total. The molecule has 3 heteroatoms. The average molecular weight is 264 g/mol.